The molecule has 0 amide bonds. The van der Waals surface area contributed by atoms with Crippen LogP contribution in [0.25, 0.3) is 0 Å². The molecule has 8 heteroatoms. The van der Waals surface area contributed by atoms with Crippen molar-refractivity contribution in [3.8, 4) is 0 Å². The average molecular weight is 376 g/mol. The summed E-state index contributed by atoms with van der Waals surface area (Å²) in [5.41, 5.74) is -0.839. The third-order valence-corrected chi connectivity index (χ3v) is 7.15. The molecule has 2 fully saturated rings. The fraction of sp³-hybridized carbons (Fsp3) is 0.647. The Morgan fingerprint density at radius 2 is 1.84 bits per heavy atom. The lowest BCUT2D eigenvalue weighted by atomic mass is 9.98. The van der Waals surface area contributed by atoms with Gasteiger partial charge in [-0.15, -0.1) is 0 Å². The zero-order chi connectivity index (χ0) is 18.2. The molecule has 1 heterocycles. The Labute approximate surface area is 146 Å². The van der Waals surface area contributed by atoms with Crippen LogP contribution in [0.4, 0.5) is 13.2 Å². The lowest BCUT2D eigenvalue weighted by Crippen LogP contribution is -2.37. The predicted molar refractivity (Wildman–Crippen MR) is 88.5 cm³/mol. The van der Waals surface area contributed by atoms with Gasteiger partial charge in [-0.25, -0.2) is 8.42 Å². The smallest absolute Gasteiger partial charge is 0.314 e. The van der Waals surface area contributed by atoms with Gasteiger partial charge in [0.25, 0.3) is 0 Å². The molecule has 1 aliphatic heterocycles. The van der Waals surface area contributed by atoms with E-state index in [4.69, 9.17) is 0 Å². The molecule has 3 unspecified atom stereocenters. The van der Waals surface area contributed by atoms with Gasteiger partial charge < -0.3 is 5.32 Å². The minimum atomic E-state index is -4.47. The van der Waals surface area contributed by atoms with Gasteiger partial charge >= 0.3 is 6.18 Å². The van der Waals surface area contributed by atoms with Crippen molar-refractivity contribution in [1.82, 2.24) is 9.62 Å². The zero-order valence-corrected chi connectivity index (χ0v) is 14.9. The second-order valence-corrected chi connectivity index (χ2v) is 8.84. The first-order chi connectivity index (χ1) is 11.7. The van der Waals surface area contributed by atoms with E-state index in [9.17, 15) is 21.6 Å². The molecule has 3 atom stereocenters. The summed E-state index contributed by atoms with van der Waals surface area (Å²) in [4.78, 5) is -0.0708. The largest absolute Gasteiger partial charge is 0.416 e. The number of hydrogen-bond donors (Lipinski definition) is 1. The van der Waals surface area contributed by atoms with E-state index in [1.807, 2.05) is 0 Å². The average Bonchev–Trinajstić information content (AvgIpc) is 3.13. The highest BCUT2D eigenvalue weighted by Gasteiger charge is 2.46. The third-order valence-electron chi connectivity index (χ3n) is 5.30. The Balaban J connectivity index is 1.73. The summed E-state index contributed by atoms with van der Waals surface area (Å²) < 4.78 is 64.9. The fourth-order valence-electron chi connectivity index (χ4n) is 3.97. The molecule has 0 bridgehead atoms. The van der Waals surface area contributed by atoms with E-state index in [2.05, 4.69) is 12.2 Å². The molecule has 140 valence electrons. The van der Waals surface area contributed by atoms with Crippen LogP contribution in [0.3, 0.4) is 0 Å². The van der Waals surface area contributed by atoms with E-state index in [0.29, 0.717) is 25.0 Å². The first-order valence-corrected chi connectivity index (χ1v) is 10.1. The van der Waals surface area contributed by atoms with Crippen molar-refractivity contribution in [3.63, 3.8) is 0 Å². The summed E-state index contributed by atoms with van der Waals surface area (Å²) in [6.07, 6.45) is -1.39. The second kappa shape index (κ2) is 6.89. The zero-order valence-electron chi connectivity index (χ0n) is 14.1. The van der Waals surface area contributed by atoms with Gasteiger partial charge in [0.2, 0.25) is 10.0 Å². The third kappa shape index (κ3) is 3.71. The molecule has 4 nitrogen and oxygen atoms in total. The standard InChI is InChI=1S/C17H23F3N2O2S/c1-2-9-21-16-8-3-12-10-22(11-15(12)16)25(23,24)14-6-4-13(5-7-14)17(18,19)20/h4-7,12,15-16,21H,2-3,8-11H2,1H3. The predicted octanol–water partition coefficient (Wildman–Crippen LogP) is 3.10. The van der Waals surface area contributed by atoms with E-state index in [-0.39, 0.29) is 10.8 Å². The summed E-state index contributed by atoms with van der Waals surface area (Å²) >= 11 is 0. The lowest BCUT2D eigenvalue weighted by molar-refractivity contribution is -0.137. The maximum Gasteiger partial charge on any atom is 0.416 e. The quantitative estimate of drug-likeness (QED) is 0.859. The monoisotopic (exact) mass is 376 g/mol. The van der Waals surface area contributed by atoms with Crippen LogP contribution in [-0.2, 0) is 16.2 Å². The lowest BCUT2D eigenvalue weighted by Gasteiger charge is -2.21. The molecule has 0 radical (unpaired) electrons. The Morgan fingerprint density at radius 3 is 2.44 bits per heavy atom. The van der Waals surface area contributed by atoms with Gasteiger partial charge in [-0.2, -0.15) is 17.5 Å². The number of nitrogens with one attached hydrogen (secondary N) is 1. The van der Waals surface area contributed by atoms with Crippen LogP contribution in [0.5, 0.6) is 0 Å². The van der Waals surface area contributed by atoms with Gasteiger partial charge in [-0.1, -0.05) is 6.92 Å². The number of nitrogens with zero attached hydrogens (tertiary/aromatic N) is 1. The van der Waals surface area contributed by atoms with Gasteiger partial charge in [0.1, 0.15) is 0 Å². The van der Waals surface area contributed by atoms with Gasteiger partial charge in [0, 0.05) is 19.1 Å². The molecular weight excluding hydrogens is 353 g/mol. The van der Waals surface area contributed by atoms with Crippen molar-refractivity contribution < 1.29 is 21.6 Å². The van der Waals surface area contributed by atoms with Crippen LogP contribution >= 0.6 is 0 Å². The highest BCUT2D eigenvalue weighted by Crippen LogP contribution is 2.40. The van der Waals surface area contributed by atoms with Crippen LogP contribution in [0.1, 0.15) is 31.7 Å². The summed E-state index contributed by atoms with van der Waals surface area (Å²) in [5.74, 6) is 0.620. The maximum atomic E-state index is 12.8. The fourth-order valence-corrected chi connectivity index (χ4v) is 5.50. The second-order valence-electron chi connectivity index (χ2n) is 6.91. The molecular formula is C17H23F3N2O2S. The van der Waals surface area contributed by atoms with E-state index in [1.54, 1.807) is 0 Å². The van der Waals surface area contributed by atoms with Gasteiger partial charge in [0.15, 0.2) is 0 Å². The van der Waals surface area contributed by atoms with Crippen LogP contribution in [0.2, 0.25) is 0 Å². The van der Waals surface area contributed by atoms with Crippen LogP contribution in [0, 0.1) is 11.8 Å². The Hall–Kier alpha value is -1.12. The summed E-state index contributed by atoms with van der Waals surface area (Å²) in [7, 11) is -3.75. The SMILES string of the molecule is CCCNC1CCC2CN(S(=O)(=O)c3ccc(C(F)(F)F)cc3)CC21. The summed E-state index contributed by atoms with van der Waals surface area (Å²) in [6.45, 7) is 3.91. The number of fused-ring (bicyclic) bond motifs is 1. The van der Waals surface area contributed by atoms with E-state index in [0.717, 1.165) is 50.1 Å². The van der Waals surface area contributed by atoms with Crippen molar-refractivity contribution in [2.45, 2.75) is 43.3 Å². The van der Waals surface area contributed by atoms with Gasteiger partial charge in [-0.3, -0.25) is 0 Å². The highest BCUT2D eigenvalue weighted by atomic mass is 32.2. The van der Waals surface area contributed by atoms with Crippen LogP contribution in [-0.4, -0.2) is 38.4 Å². The van der Waals surface area contributed by atoms with Crippen molar-refractivity contribution in [3.05, 3.63) is 29.8 Å². The van der Waals surface area contributed by atoms with Crippen molar-refractivity contribution >= 4 is 10.0 Å². The maximum absolute atomic E-state index is 12.8. The first kappa shape index (κ1) is 18.7. The first-order valence-electron chi connectivity index (χ1n) is 8.64. The topological polar surface area (TPSA) is 49.4 Å². The van der Waals surface area contributed by atoms with E-state index < -0.39 is 21.8 Å². The van der Waals surface area contributed by atoms with Gasteiger partial charge in [0.05, 0.1) is 10.5 Å². The molecule has 1 N–H and O–H groups in total. The minimum absolute atomic E-state index is 0.0708. The molecule has 1 aliphatic carbocycles. The Kier molecular flexibility index (Phi) is 5.14. The van der Waals surface area contributed by atoms with Crippen LogP contribution in [0.15, 0.2) is 29.2 Å². The van der Waals surface area contributed by atoms with Crippen molar-refractivity contribution in [2.75, 3.05) is 19.6 Å². The van der Waals surface area contributed by atoms with Crippen LogP contribution < -0.4 is 5.32 Å². The molecule has 1 aromatic carbocycles. The molecule has 1 saturated carbocycles. The Bertz CT molecular complexity index is 704. The molecule has 3 rings (SSSR count). The van der Waals surface area contributed by atoms with E-state index >= 15 is 0 Å². The highest BCUT2D eigenvalue weighted by molar-refractivity contribution is 7.89. The molecule has 0 aromatic heterocycles. The number of rotatable bonds is 5. The number of halogens is 3. The van der Waals surface area contributed by atoms with Gasteiger partial charge in [-0.05, 0) is 61.9 Å². The molecule has 1 aromatic rings. The van der Waals surface area contributed by atoms with E-state index in [1.165, 1.54) is 4.31 Å². The molecule has 0 spiro atoms. The number of hydrogen-bond acceptors (Lipinski definition) is 3. The van der Waals surface area contributed by atoms with Crippen molar-refractivity contribution in [2.24, 2.45) is 11.8 Å². The molecule has 1 saturated heterocycles. The molecule has 25 heavy (non-hydrogen) atoms. The summed E-state index contributed by atoms with van der Waals surface area (Å²) in [6, 6.07) is 4.10. The normalized spacial score (nSPS) is 27.6. The van der Waals surface area contributed by atoms with Crippen molar-refractivity contribution in [1.29, 1.82) is 0 Å². The minimum Gasteiger partial charge on any atom is -0.314 e. The number of sulfonamides is 1. The summed E-state index contributed by atoms with van der Waals surface area (Å²) in [5, 5.41) is 3.49. The number of benzene rings is 1. The number of alkyl halides is 3. The molecule has 2 aliphatic rings. The Morgan fingerprint density at radius 1 is 1.16 bits per heavy atom.